The van der Waals surface area contributed by atoms with Crippen molar-refractivity contribution in [2.75, 3.05) is 0 Å². The predicted octanol–water partition coefficient (Wildman–Crippen LogP) is 5.42. The van der Waals surface area contributed by atoms with Crippen LogP contribution in [0.3, 0.4) is 0 Å². The van der Waals surface area contributed by atoms with Gasteiger partial charge in [-0.2, -0.15) is 0 Å². The first kappa shape index (κ1) is 15.4. The molecule has 0 N–H and O–H groups in total. The Hall–Kier alpha value is -2.54. The minimum absolute atomic E-state index is 0.607. The van der Waals surface area contributed by atoms with Crippen LogP contribution < -0.4 is 4.74 Å². The third-order valence-corrected chi connectivity index (χ3v) is 4.01. The van der Waals surface area contributed by atoms with E-state index in [0.29, 0.717) is 6.61 Å². The average Bonchev–Trinajstić information content (AvgIpc) is 2.62. The van der Waals surface area contributed by atoms with Crippen molar-refractivity contribution in [3.63, 3.8) is 0 Å². The van der Waals surface area contributed by atoms with Crippen LogP contribution >= 0.6 is 0 Å². The normalized spacial score (nSPS) is 10.5. The first-order valence-electron chi connectivity index (χ1n) is 8.17. The minimum Gasteiger partial charge on any atom is -0.489 e. The SMILES string of the molecule is CCc1ccc(Cc2ccccc2)c(OCc2ccccc2)c1. The summed E-state index contributed by atoms with van der Waals surface area (Å²) in [6, 6.07) is 27.4. The van der Waals surface area contributed by atoms with E-state index in [2.05, 4.69) is 67.6 Å². The molecule has 0 aliphatic carbocycles. The quantitative estimate of drug-likeness (QED) is 0.591. The lowest BCUT2D eigenvalue weighted by Gasteiger charge is -2.13. The molecule has 0 unspecified atom stereocenters. The maximum absolute atomic E-state index is 6.14. The zero-order valence-corrected chi connectivity index (χ0v) is 13.5. The molecule has 3 aromatic carbocycles. The van der Waals surface area contributed by atoms with Crippen LogP contribution in [0.1, 0.15) is 29.2 Å². The van der Waals surface area contributed by atoms with Gasteiger partial charge >= 0.3 is 0 Å². The fourth-order valence-electron chi connectivity index (χ4n) is 2.65. The van der Waals surface area contributed by atoms with Crippen LogP contribution in [0.4, 0.5) is 0 Å². The van der Waals surface area contributed by atoms with Crippen molar-refractivity contribution >= 4 is 0 Å². The molecule has 0 fully saturated rings. The van der Waals surface area contributed by atoms with E-state index in [1.165, 1.54) is 22.3 Å². The highest BCUT2D eigenvalue weighted by molar-refractivity contribution is 5.41. The van der Waals surface area contributed by atoms with Gasteiger partial charge in [0, 0.05) is 6.42 Å². The van der Waals surface area contributed by atoms with E-state index in [1.807, 2.05) is 18.2 Å². The van der Waals surface area contributed by atoms with Crippen molar-refractivity contribution in [1.29, 1.82) is 0 Å². The lowest BCUT2D eigenvalue weighted by molar-refractivity contribution is 0.303. The lowest BCUT2D eigenvalue weighted by Crippen LogP contribution is -2.00. The van der Waals surface area contributed by atoms with Gasteiger partial charge < -0.3 is 4.74 Å². The first-order chi connectivity index (χ1) is 11.3. The third-order valence-electron chi connectivity index (χ3n) is 4.01. The Bertz CT molecular complexity index is 732. The van der Waals surface area contributed by atoms with Crippen molar-refractivity contribution < 1.29 is 4.74 Å². The number of ether oxygens (including phenoxy) is 1. The molecule has 23 heavy (non-hydrogen) atoms. The molecule has 0 heterocycles. The molecule has 0 atom stereocenters. The summed E-state index contributed by atoms with van der Waals surface area (Å²) in [5, 5.41) is 0. The van der Waals surface area contributed by atoms with Crippen LogP contribution in [0.25, 0.3) is 0 Å². The van der Waals surface area contributed by atoms with Gasteiger partial charge in [-0.1, -0.05) is 79.7 Å². The molecule has 0 aliphatic heterocycles. The number of benzene rings is 3. The molecular weight excluding hydrogens is 280 g/mol. The van der Waals surface area contributed by atoms with E-state index in [4.69, 9.17) is 4.74 Å². The highest BCUT2D eigenvalue weighted by atomic mass is 16.5. The van der Waals surface area contributed by atoms with Crippen molar-refractivity contribution in [2.45, 2.75) is 26.4 Å². The summed E-state index contributed by atoms with van der Waals surface area (Å²) in [5.41, 5.74) is 5.05. The van der Waals surface area contributed by atoms with Gasteiger partial charge in [0.05, 0.1) is 0 Å². The van der Waals surface area contributed by atoms with Gasteiger partial charge in [-0.05, 0) is 34.7 Å². The molecule has 0 amide bonds. The predicted molar refractivity (Wildman–Crippen MR) is 95.8 cm³/mol. The first-order valence-corrected chi connectivity index (χ1v) is 8.17. The Balaban J connectivity index is 1.81. The van der Waals surface area contributed by atoms with E-state index in [1.54, 1.807) is 0 Å². The molecule has 3 aromatic rings. The summed E-state index contributed by atoms with van der Waals surface area (Å²) in [6.07, 6.45) is 1.92. The van der Waals surface area contributed by atoms with Crippen LogP contribution in [0.2, 0.25) is 0 Å². The monoisotopic (exact) mass is 302 g/mol. The standard InChI is InChI=1S/C22H22O/c1-2-18-13-14-21(15-19-9-5-3-6-10-19)22(16-18)23-17-20-11-7-4-8-12-20/h3-14,16H,2,15,17H2,1H3. The fourth-order valence-corrected chi connectivity index (χ4v) is 2.65. The summed E-state index contributed by atoms with van der Waals surface area (Å²) in [7, 11) is 0. The number of hydrogen-bond acceptors (Lipinski definition) is 1. The van der Waals surface area contributed by atoms with Crippen LogP contribution in [-0.4, -0.2) is 0 Å². The van der Waals surface area contributed by atoms with E-state index in [9.17, 15) is 0 Å². The van der Waals surface area contributed by atoms with Gasteiger partial charge in [0.2, 0.25) is 0 Å². The fraction of sp³-hybridized carbons (Fsp3) is 0.182. The summed E-state index contributed by atoms with van der Waals surface area (Å²) in [6.45, 7) is 2.78. The molecule has 116 valence electrons. The third kappa shape index (κ3) is 4.23. The maximum Gasteiger partial charge on any atom is 0.123 e. The molecular formula is C22H22O. The van der Waals surface area contributed by atoms with Crippen LogP contribution in [0, 0.1) is 0 Å². The van der Waals surface area contributed by atoms with Gasteiger partial charge in [-0.15, -0.1) is 0 Å². The van der Waals surface area contributed by atoms with Crippen molar-refractivity contribution in [1.82, 2.24) is 0 Å². The van der Waals surface area contributed by atoms with Crippen molar-refractivity contribution in [2.24, 2.45) is 0 Å². The van der Waals surface area contributed by atoms with Gasteiger partial charge in [0.25, 0.3) is 0 Å². The van der Waals surface area contributed by atoms with Gasteiger partial charge in [0.1, 0.15) is 12.4 Å². The highest BCUT2D eigenvalue weighted by Crippen LogP contribution is 2.25. The topological polar surface area (TPSA) is 9.23 Å². The van der Waals surface area contributed by atoms with E-state index in [0.717, 1.165) is 18.6 Å². The Kier molecular flexibility index (Phi) is 5.10. The van der Waals surface area contributed by atoms with Crippen molar-refractivity contribution in [3.05, 3.63) is 101 Å². The van der Waals surface area contributed by atoms with Crippen LogP contribution in [-0.2, 0) is 19.4 Å². The van der Waals surface area contributed by atoms with E-state index < -0.39 is 0 Å². The molecule has 3 rings (SSSR count). The molecule has 0 radical (unpaired) electrons. The molecule has 0 bridgehead atoms. The zero-order chi connectivity index (χ0) is 15.9. The second-order valence-corrected chi connectivity index (χ2v) is 5.73. The van der Waals surface area contributed by atoms with Gasteiger partial charge in [-0.25, -0.2) is 0 Å². The second-order valence-electron chi connectivity index (χ2n) is 5.73. The summed E-state index contributed by atoms with van der Waals surface area (Å²) in [5.74, 6) is 0.997. The molecule has 0 spiro atoms. The molecule has 0 saturated heterocycles. The van der Waals surface area contributed by atoms with Crippen LogP contribution in [0.5, 0.6) is 5.75 Å². The molecule has 1 heteroatoms. The number of aryl methyl sites for hydroxylation is 1. The van der Waals surface area contributed by atoms with Gasteiger partial charge in [-0.3, -0.25) is 0 Å². The maximum atomic E-state index is 6.14. The Morgan fingerprint density at radius 1 is 0.696 bits per heavy atom. The van der Waals surface area contributed by atoms with Crippen LogP contribution in [0.15, 0.2) is 78.9 Å². The molecule has 0 aromatic heterocycles. The summed E-state index contributed by atoms with van der Waals surface area (Å²) < 4.78 is 6.14. The number of rotatable bonds is 6. The molecule has 0 saturated carbocycles. The smallest absolute Gasteiger partial charge is 0.123 e. The molecule has 1 nitrogen and oxygen atoms in total. The average molecular weight is 302 g/mol. The van der Waals surface area contributed by atoms with E-state index in [-0.39, 0.29) is 0 Å². The van der Waals surface area contributed by atoms with E-state index >= 15 is 0 Å². The summed E-state index contributed by atoms with van der Waals surface area (Å²) >= 11 is 0. The Morgan fingerprint density at radius 3 is 2.00 bits per heavy atom. The minimum atomic E-state index is 0.607. The number of hydrogen-bond donors (Lipinski definition) is 0. The second kappa shape index (κ2) is 7.64. The van der Waals surface area contributed by atoms with Crippen molar-refractivity contribution in [3.8, 4) is 5.75 Å². The molecule has 0 aliphatic rings. The lowest BCUT2D eigenvalue weighted by atomic mass is 10.0. The van der Waals surface area contributed by atoms with Gasteiger partial charge in [0.15, 0.2) is 0 Å². The Labute approximate surface area is 138 Å². The largest absolute Gasteiger partial charge is 0.489 e. The Morgan fingerprint density at radius 2 is 1.35 bits per heavy atom. The zero-order valence-electron chi connectivity index (χ0n) is 13.5. The summed E-state index contributed by atoms with van der Waals surface area (Å²) in [4.78, 5) is 0. The highest BCUT2D eigenvalue weighted by Gasteiger charge is 2.07.